The van der Waals surface area contributed by atoms with Crippen LogP contribution in [0.3, 0.4) is 0 Å². The first kappa shape index (κ1) is 12.9. The van der Waals surface area contributed by atoms with E-state index in [1.807, 2.05) is 0 Å². The summed E-state index contributed by atoms with van der Waals surface area (Å²) in [6.45, 7) is 3.65. The molecule has 0 aromatic rings. The van der Waals surface area contributed by atoms with Crippen LogP contribution in [0.25, 0.3) is 0 Å². The van der Waals surface area contributed by atoms with Crippen LogP contribution in [0.2, 0.25) is 0 Å². The Morgan fingerprint density at radius 3 is 2.83 bits per heavy atom. The Morgan fingerprint density at radius 2 is 2.00 bits per heavy atom. The Bertz CT molecular complexity index is 280. The van der Waals surface area contributed by atoms with Crippen molar-refractivity contribution in [3.05, 3.63) is 0 Å². The first-order valence-corrected chi connectivity index (χ1v) is 8.14. The second-order valence-electron chi connectivity index (χ2n) is 7.14. The topological polar surface area (TPSA) is 32.3 Å². The molecule has 0 amide bonds. The maximum atomic E-state index is 9.01. The number of fused-ring (bicyclic) bond motifs is 5. The van der Waals surface area contributed by atoms with Crippen molar-refractivity contribution in [1.82, 2.24) is 5.32 Å². The summed E-state index contributed by atoms with van der Waals surface area (Å²) in [7, 11) is 0. The highest BCUT2D eigenvalue weighted by molar-refractivity contribution is 5.05. The van der Waals surface area contributed by atoms with E-state index in [1.54, 1.807) is 0 Å². The zero-order chi connectivity index (χ0) is 12.5. The molecule has 3 fully saturated rings. The predicted molar refractivity (Wildman–Crippen MR) is 74.3 cm³/mol. The van der Waals surface area contributed by atoms with Gasteiger partial charge in [0.05, 0.1) is 0 Å². The first-order valence-electron chi connectivity index (χ1n) is 8.14. The average molecular weight is 251 g/mol. The van der Waals surface area contributed by atoms with Gasteiger partial charge < -0.3 is 10.4 Å². The third-order valence-corrected chi connectivity index (χ3v) is 6.02. The number of aliphatic hydroxyl groups excluding tert-OH is 1. The predicted octanol–water partition coefficient (Wildman–Crippen LogP) is 2.81. The summed E-state index contributed by atoms with van der Waals surface area (Å²) in [5.74, 6) is 4.75. The Hall–Kier alpha value is -0.0800. The van der Waals surface area contributed by atoms with Gasteiger partial charge in [0, 0.05) is 12.6 Å². The van der Waals surface area contributed by atoms with E-state index in [2.05, 4.69) is 12.2 Å². The normalized spacial score (nSPS) is 43.3. The lowest BCUT2D eigenvalue weighted by molar-refractivity contribution is 0.204. The smallest absolute Gasteiger partial charge is 0.0456 e. The molecule has 6 atom stereocenters. The maximum absolute atomic E-state index is 9.01. The van der Waals surface area contributed by atoms with E-state index in [-0.39, 0.29) is 0 Å². The molecule has 0 aromatic heterocycles. The van der Waals surface area contributed by atoms with Crippen molar-refractivity contribution >= 4 is 0 Å². The number of aliphatic hydroxyl groups is 1. The van der Waals surface area contributed by atoms with Crippen LogP contribution in [0.15, 0.2) is 0 Å². The third kappa shape index (κ3) is 2.34. The molecule has 0 spiro atoms. The Morgan fingerprint density at radius 1 is 1.17 bits per heavy atom. The Labute approximate surface area is 112 Å². The molecular weight excluding hydrogens is 222 g/mol. The number of hydrogen-bond donors (Lipinski definition) is 2. The highest BCUT2D eigenvalue weighted by atomic mass is 16.3. The largest absolute Gasteiger partial charge is 0.396 e. The summed E-state index contributed by atoms with van der Waals surface area (Å²) in [5.41, 5.74) is 0. The van der Waals surface area contributed by atoms with E-state index in [0.29, 0.717) is 12.5 Å². The summed E-state index contributed by atoms with van der Waals surface area (Å²) in [4.78, 5) is 0. The molecule has 104 valence electrons. The molecule has 18 heavy (non-hydrogen) atoms. The van der Waals surface area contributed by atoms with Crippen molar-refractivity contribution in [3.63, 3.8) is 0 Å². The van der Waals surface area contributed by atoms with Crippen LogP contribution in [0.4, 0.5) is 0 Å². The van der Waals surface area contributed by atoms with Crippen LogP contribution in [-0.4, -0.2) is 24.3 Å². The van der Waals surface area contributed by atoms with Crippen molar-refractivity contribution in [1.29, 1.82) is 0 Å². The van der Waals surface area contributed by atoms with Gasteiger partial charge in [-0.05, 0) is 74.7 Å². The van der Waals surface area contributed by atoms with Crippen LogP contribution < -0.4 is 5.32 Å². The van der Waals surface area contributed by atoms with E-state index in [4.69, 9.17) is 5.11 Å². The molecule has 3 rings (SSSR count). The molecule has 0 heterocycles. The fourth-order valence-electron chi connectivity index (χ4n) is 5.13. The monoisotopic (exact) mass is 251 g/mol. The quantitative estimate of drug-likeness (QED) is 0.712. The van der Waals surface area contributed by atoms with Crippen LogP contribution in [0.1, 0.15) is 51.9 Å². The minimum absolute atomic E-state index is 0.345. The van der Waals surface area contributed by atoms with Crippen LogP contribution in [0.5, 0.6) is 0 Å². The van der Waals surface area contributed by atoms with Gasteiger partial charge in [-0.3, -0.25) is 0 Å². The molecule has 3 saturated carbocycles. The highest BCUT2D eigenvalue weighted by Gasteiger charge is 2.53. The number of nitrogens with one attached hydrogen (secondary N) is 1. The van der Waals surface area contributed by atoms with Gasteiger partial charge >= 0.3 is 0 Å². The van der Waals surface area contributed by atoms with E-state index in [1.165, 1.54) is 38.5 Å². The molecule has 6 unspecified atom stereocenters. The number of hydrogen-bond acceptors (Lipinski definition) is 2. The van der Waals surface area contributed by atoms with E-state index < -0.39 is 0 Å². The summed E-state index contributed by atoms with van der Waals surface area (Å²) < 4.78 is 0. The van der Waals surface area contributed by atoms with E-state index >= 15 is 0 Å². The first-order chi connectivity index (χ1) is 8.79. The van der Waals surface area contributed by atoms with Crippen molar-refractivity contribution in [2.75, 3.05) is 13.2 Å². The van der Waals surface area contributed by atoms with Crippen LogP contribution in [0, 0.1) is 29.6 Å². The lowest BCUT2D eigenvalue weighted by Crippen LogP contribution is -2.39. The van der Waals surface area contributed by atoms with Gasteiger partial charge in [0.25, 0.3) is 0 Å². The van der Waals surface area contributed by atoms with Gasteiger partial charge in [-0.2, -0.15) is 0 Å². The minimum atomic E-state index is 0.345. The van der Waals surface area contributed by atoms with Gasteiger partial charge in [0.15, 0.2) is 0 Å². The third-order valence-electron chi connectivity index (χ3n) is 6.02. The molecule has 0 saturated heterocycles. The highest BCUT2D eigenvalue weighted by Crippen LogP contribution is 2.58. The average Bonchev–Trinajstić information content (AvgIpc) is 3.05. The zero-order valence-electron chi connectivity index (χ0n) is 11.8. The summed E-state index contributed by atoms with van der Waals surface area (Å²) in [5, 5.41) is 12.8. The molecule has 2 heteroatoms. The second kappa shape index (κ2) is 5.50. The molecule has 2 bridgehead atoms. The molecule has 3 aliphatic rings. The molecule has 0 radical (unpaired) electrons. The Balaban J connectivity index is 1.40. The zero-order valence-corrected chi connectivity index (χ0v) is 11.8. The van der Waals surface area contributed by atoms with Crippen LogP contribution in [-0.2, 0) is 0 Å². The molecule has 2 N–H and O–H groups in total. The lowest BCUT2D eigenvalue weighted by atomic mass is 9.79. The van der Waals surface area contributed by atoms with E-state index in [0.717, 1.165) is 42.7 Å². The van der Waals surface area contributed by atoms with Gasteiger partial charge in [-0.15, -0.1) is 0 Å². The van der Waals surface area contributed by atoms with Gasteiger partial charge in [0.2, 0.25) is 0 Å². The molecular formula is C16H29NO. The van der Waals surface area contributed by atoms with E-state index in [9.17, 15) is 0 Å². The molecule has 0 aromatic carbocycles. The summed E-state index contributed by atoms with van der Waals surface area (Å²) >= 11 is 0. The fraction of sp³-hybridized carbons (Fsp3) is 1.00. The molecule has 2 nitrogen and oxygen atoms in total. The second-order valence-corrected chi connectivity index (χ2v) is 7.14. The van der Waals surface area contributed by atoms with Gasteiger partial charge in [0.1, 0.15) is 0 Å². The lowest BCUT2D eigenvalue weighted by Gasteiger charge is -2.32. The van der Waals surface area contributed by atoms with Crippen molar-refractivity contribution in [2.45, 2.75) is 57.9 Å². The van der Waals surface area contributed by atoms with Gasteiger partial charge in [-0.1, -0.05) is 13.3 Å². The van der Waals surface area contributed by atoms with Crippen molar-refractivity contribution in [2.24, 2.45) is 29.6 Å². The summed E-state index contributed by atoms with van der Waals surface area (Å²) in [6.07, 6.45) is 9.93. The Kier molecular flexibility index (Phi) is 3.95. The standard InChI is InChI=1S/C16H29NO/c1-11(10-18)4-3-7-17-16-9-12-8-15(16)14-6-2-5-13(12)14/h11-18H,2-10H2,1H3. The summed E-state index contributed by atoms with van der Waals surface area (Å²) in [6, 6.07) is 0.832. The van der Waals surface area contributed by atoms with Crippen molar-refractivity contribution in [3.8, 4) is 0 Å². The number of rotatable bonds is 6. The minimum Gasteiger partial charge on any atom is -0.396 e. The van der Waals surface area contributed by atoms with Crippen molar-refractivity contribution < 1.29 is 5.11 Å². The fourth-order valence-corrected chi connectivity index (χ4v) is 5.13. The van der Waals surface area contributed by atoms with Crippen LogP contribution >= 0.6 is 0 Å². The molecule has 3 aliphatic carbocycles. The molecule has 0 aliphatic heterocycles. The SMILES string of the molecule is CC(CO)CCCNC1CC2CC1C1CCCC21. The maximum Gasteiger partial charge on any atom is 0.0456 e. The van der Waals surface area contributed by atoms with Gasteiger partial charge in [-0.25, -0.2) is 0 Å².